The van der Waals surface area contributed by atoms with Crippen LogP contribution < -0.4 is 5.32 Å². The third kappa shape index (κ3) is 6.35. The minimum absolute atomic E-state index is 0.0498. The molecule has 0 saturated heterocycles. The topological polar surface area (TPSA) is 83.5 Å². The quantitative estimate of drug-likeness (QED) is 0.751. The van der Waals surface area contributed by atoms with Crippen LogP contribution in [0.25, 0.3) is 6.08 Å². The maximum absolute atomic E-state index is 11.9. The van der Waals surface area contributed by atoms with E-state index in [1.54, 1.807) is 30.5 Å². The van der Waals surface area contributed by atoms with Crippen LogP contribution in [0.2, 0.25) is 0 Å². The minimum Gasteiger partial charge on any atom is -0.478 e. The number of carboxylic acid groups (broad SMARTS) is 1. The van der Waals surface area contributed by atoms with Crippen LogP contribution in [0, 0.1) is 0 Å². The molecule has 0 bridgehead atoms. The molecule has 0 aliphatic carbocycles. The van der Waals surface area contributed by atoms with Gasteiger partial charge in [-0.25, -0.2) is 4.79 Å². The van der Waals surface area contributed by atoms with Crippen LogP contribution in [0.3, 0.4) is 0 Å². The lowest BCUT2D eigenvalue weighted by molar-refractivity contribution is -0.131. The van der Waals surface area contributed by atoms with Gasteiger partial charge < -0.3 is 10.4 Å². The Kier molecular flexibility index (Phi) is 6.81. The van der Waals surface area contributed by atoms with Gasteiger partial charge in [-0.2, -0.15) is 0 Å². The molecule has 1 aromatic rings. The molecule has 0 aliphatic heterocycles. The number of amides is 1. The van der Waals surface area contributed by atoms with Gasteiger partial charge in [0.25, 0.3) is 5.91 Å². The van der Waals surface area contributed by atoms with Gasteiger partial charge in [0, 0.05) is 40.5 Å². The Balaban J connectivity index is 2.51. The van der Waals surface area contributed by atoms with E-state index >= 15 is 0 Å². The molecule has 0 saturated carbocycles. The van der Waals surface area contributed by atoms with Crippen LogP contribution in [0.15, 0.2) is 30.3 Å². The molecule has 2 N–H and O–H groups in total. The Morgan fingerprint density at radius 1 is 1.33 bits per heavy atom. The highest BCUT2D eigenvalue weighted by Crippen LogP contribution is 2.06. The molecule has 6 heteroatoms. The van der Waals surface area contributed by atoms with Gasteiger partial charge in [-0.1, -0.05) is 19.1 Å². The van der Waals surface area contributed by atoms with Crippen molar-refractivity contribution >= 4 is 28.8 Å². The Hall–Kier alpha value is -1.95. The summed E-state index contributed by atoms with van der Waals surface area (Å²) in [5, 5.41) is 11.3. The Labute approximate surface area is 126 Å². The van der Waals surface area contributed by atoms with Crippen molar-refractivity contribution in [2.24, 2.45) is 0 Å². The first-order valence-corrected chi connectivity index (χ1v) is 8.13. The van der Waals surface area contributed by atoms with Crippen molar-refractivity contribution in [3.63, 3.8) is 0 Å². The lowest BCUT2D eigenvalue weighted by atomic mass is 10.1. The highest BCUT2D eigenvalue weighted by molar-refractivity contribution is 7.84. The van der Waals surface area contributed by atoms with Gasteiger partial charge in [0.1, 0.15) is 0 Å². The van der Waals surface area contributed by atoms with Crippen molar-refractivity contribution in [1.29, 1.82) is 0 Å². The number of benzene rings is 1. The molecule has 1 aromatic carbocycles. The number of carboxylic acids is 1. The number of aliphatic carboxylic acids is 1. The van der Waals surface area contributed by atoms with E-state index in [0.29, 0.717) is 24.1 Å². The zero-order valence-electron chi connectivity index (χ0n) is 12.0. The SMILES string of the molecule is CC(CCNC(=O)c1ccc(/C=C/C(=O)O)cc1)S(C)=O. The molecule has 2 unspecified atom stereocenters. The summed E-state index contributed by atoms with van der Waals surface area (Å²) in [4.78, 5) is 22.3. The lowest BCUT2D eigenvalue weighted by Gasteiger charge is -2.09. The molecule has 1 amide bonds. The third-order valence-corrected chi connectivity index (χ3v) is 4.36. The van der Waals surface area contributed by atoms with E-state index in [0.717, 1.165) is 6.08 Å². The second-order valence-corrected chi connectivity index (χ2v) is 6.45. The number of hydrogen-bond acceptors (Lipinski definition) is 3. The van der Waals surface area contributed by atoms with Gasteiger partial charge >= 0.3 is 5.97 Å². The lowest BCUT2D eigenvalue weighted by Crippen LogP contribution is -2.27. The molecule has 0 heterocycles. The van der Waals surface area contributed by atoms with Gasteiger partial charge in [-0.3, -0.25) is 9.00 Å². The fraction of sp³-hybridized carbons (Fsp3) is 0.333. The van der Waals surface area contributed by atoms with E-state index in [4.69, 9.17) is 5.11 Å². The molecule has 1 rings (SSSR count). The fourth-order valence-electron chi connectivity index (χ4n) is 1.57. The van der Waals surface area contributed by atoms with Crippen molar-refractivity contribution in [1.82, 2.24) is 5.32 Å². The fourth-order valence-corrected chi connectivity index (χ4v) is 2.02. The molecule has 21 heavy (non-hydrogen) atoms. The molecule has 0 fully saturated rings. The summed E-state index contributed by atoms with van der Waals surface area (Å²) < 4.78 is 11.2. The summed E-state index contributed by atoms with van der Waals surface area (Å²) in [5.74, 6) is -1.21. The van der Waals surface area contributed by atoms with E-state index < -0.39 is 16.8 Å². The summed E-state index contributed by atoms with van der Waals surface area (Å²) in [6, 6.07) is 6.63. The molecule has 0 aliphatic rings. The second kappa shape index (κ2) is 8.36. The highest BCUT2D eigenvalue weighted by atomic mass is 32.2. The zero-order chi connectivity index (χ0) is 15.8. The Bertz CT molecular complexity index is 551. The summed E-state index contributed by atoms with van der Waals surface area (Å²) in [5.41, 5.74) is 1.22. The van der Waals surface area contributed by atoms with E-state index in [1.807, 2.05) is 6.92 Å². The molecular weight excluding hydrogens is 290 g/mol. The minimum atomic E-state index is -1.01. The van der Waals surface area contributed by atoms with E-state index in [2.05, 4.69) is 5.32 Å². The maximum atomic E-state index is 11.9. The second-order valence-electron chi connectivity index (χ2n) is 4.65. The Morgan fingerprint density at radius 2 is 1.95 bits per heavy atom. The van der Waals surface area contributed by atoms with Gasteiger partial charge in [0.15, 0.2) is 0 Å². The monoisotopic (exact) mass is 309 g/mol. The highest BCUT2D eigenvalue weighted by Gasteiger charge is 2.08. The van der Waals surface area contributed by atoms with Crippen LogP contribution in [0.5, 0.6) is 0 Å². The van der Waals surface area contributed by atoms with Gasteiger partial charge in [0.05, 0.1) is 0 Å². The van der Waals surface area contributed by atoms with Crippen LogP contribution in [-0.2, 0) is 15.6 Å². The van der Waals surface area contributed by atoms with Crippen molar-refractivity contribution < 1.29 is 18.9 Å². The van der Waals surface area contributed by atoms with Crippen LogP contribution in [0.1, 0.15) is 29.3 Å². The van der Waals surface area contributed by atoms with Gasteiger partial charge in [0.2, 0.25) is 0 Å². The predicted octanol–water partition coefficient (Wildman–Crippen LogP) is 1.67. The number of rotatable bonds is 7. The normalized spacial score (nSPS) is 13.8. The Morgan fingerprint density at radius 3 is 2.48 bits per heavy atom. The first kappa shape index (κ1) is 17.1. The average molecular weight is 309 g/mol. The van der Waals surface area contributed by atoms with Crippen molar-refractivity contribution in [3.05, 3.63) is 41.5 Å². The van der Waals surface area contributed by atoms with Crippen molar-refractivity contribution in [3.8, 4) is 0 Å². The van der Waals surface area contributed by atoms with Gasteiger partial charge in [-0.15, -0.1) is 0 Å². The molecule has 0 spiro atoms. The molecule has 114 valence electrons. The van der Waals surface area contributed by atoms with Crippen molar-refractivity contribution in [2.75, 3.05) is 12.8 Å². The van der Waals surface area contributed by atoms with Crippen LogP contribution in [-0.4, -0.2) is 39.2 Å². The first-order chi connectivity index (χ1) is 9.90. The molecule has 0 aromatic heterocycles. The average Bonchev–Trinajstić information content (AvgIpc) is 2.45. The number of carbonyl (C=O) groups excluding carboxylic acids is 1. The number of nitrogens with one attached hydrogen (secondary N) is 1. The summed E-state index contributed by atoms with van der Waals surface area (Å²) in [7, 11) is -0.886. The molecule has 5 nitrogen and oxygen atoms in total. The molecular formula is C15H19NO4S. The van der Waals surface area contributed by atoms with E-state index in [1.165, 1.54) is 6.08 Å². The third-order valence-electron chi connectivity index (χ3n) is 2.99. The van der Waals surface area contributed by atoms with E-state index in [9.17, 15) is 13.8 Å². The smallest absolute Gasteiger partial charge is 0.328 e. The van der Waals surface area contributed by atoms with Gasteiger partial charge in [-0.05, 0) is 30.2 Å². The van der Waals surface area contributed by atoms with Crippen LogP contribution >= 0.6 is 0 Å². The summed E-state index contributed by atoms with van der Waals surface area (Å²) in [6.45, 7) is 2.35. The molecule has 0 radical (unpaired) electrons. The van der Waals surface area contributed by atoms with E-state index in [-0.39, 0.29) is 11.2 Å². The maximum Gasteiger partial charge on any atom is 0.328 e. The van der Waals surface area contributed by atoms with Crippen molar-refractivity contribution in [2.45, 2.75) is 18.6 Å². The standard InChI is InChI=1S/C15H19NO4S/c1-11(21(2)20)9-10-16-15(19)13-6-3-12(4-7-13)5-8-14(17)18/h3-8,11H,9-10H2,1-2H3,(H,16,19)(H,17,18)/b8-5+. The largest absolute Gasteiger partial charge is 0.478 e. The molecule has 2 atom stereocenters. The predicted molar refractivity (Wildman–Crippen MR) is 83.6 cm³/mol. The summed E-state index contributed by atoms with van der Waals surface area (Å²) >= 11 is 0. The van der Waals surface area contributed by atoms with Crippen LogP contribution in [0.4, 0.5) is 0 Å². The summed E-state index contributed by atoms with van der Waals surface area (Å²) in [6.07, 6.45) is 4.81. The number of carbonyl (C=O) groups is 2. The number of hydrogen-bond donors (Lipinski definition) is 2. The first-order valence-electron chi connectivity index (χ1n) is 6.51. The zero-order valence-corrected chi connectivity index (χ0v) is 12.9.